The van der Waals surface area contributed by atoms with Gasteiger partial charge in [-0.1, -0.05) is 304 Å². The van der Waals surface area contributed by atoms with Gasteiger partial charge in [0.1, 0.15) is 13.2 Å². The SMILES string of the molecule is CC/C=C\C/C=C\C/C=C\C/C=C\C/C=C\C/C=C\CCCCC(=O)OC(COC(=O)CCCCCCCCC/C=C\CCCCCCCC)COC(=O)CCCCCCCCCCCCCCCCC/C=C\C/C=C\CCCCCCC. The van der Waals surface area contributed by atoms with Crippen molar-refractivity contribution in [2.24, 2.45) is 0 Å². The predicted octanol–water partition coefficient (Wildman–Crippen LogP) is 24.6. The van der Waals surface area contributed by atoms with Crippen LogP contribution in [-0.4, -0.2) is 37.2 Å². The molecule has 6 heteroatoms. The lowest BCUT2D eigenvalue weighted by Gasteiger charge is -2.18. The van der Waals surface area contributed by atoms with E-state index in [1.54, 1.807) is 0 Å². The largest absolute Gasteiger partial charge is 0.462 e. The van der Waals surface area contributed by atoms with Crippen LogP contribution in [-0.2, 0) is 28.6 Å². The van der Waals surface area contributed by atoms with Gasteiger partial charge in [-0.15, -0.1) is 0 Å². The minimum atomic E-state index is -0.806. The first-order chi connectivity index (χ1) is 41.0. The molecule has 0 fully saturated rings. The summed E-state index contributed by atoms with van der Waals surface area (Å²) in [5, 5.41) is 0. The fourth-order valence-electron chi connectivity index (χ4n) is 9.94. The number of rotatable bonds is 64. The first-order valence-corrected chi connectivity index (χ1v) is 35.4. The van der Waals surface area contributed by atoms with Crippen LogP contribution in [0.4, 0.5) is 0 Å². The summed E-state index contributed by atoms with van der Waals surface area (Å²) in [6.45, 7) is 6.51. The van der Waals surface area contributed by atoms with Crippen molar-refractivity contribution in [1.29, 1.82) is 0 Å². The molecule has 83 heavy (non-hydrogen) atoms. The minimum absolute atomic E-state index is 0.0963. The molecule has 0 saturated carbocycles. The molecule has 0 saturated heterocycles. The van der Waals surface area contributed by atoms with Crippen molar-refractivity contribution in [2.45, 2.75) is 348 Å². The van der Waals surface area contributed by atoms with Gasteiger partial charge in [0.2, 0.25) is 0 Å². The Morgan fingerprint density at radius 3 is 0.771 bits per heavy atom. The van der Waals surface area contributed by atoms with Gasteiger partial charge in [-0.05, 0) is 128 Å². The summed E-state index contributed by atoms with van der Waals surface area (Å²) in [4.78, 5) is 38.5. The third-order valence-corrected chi connectivity index (χ3v) is 15.2. The normalized spacial score (nSPS) is 12.8. The minimum Gasteiger partial charge on any atom is -0.462 e. The zero-order valence-electron chi connectivity index (χ0n) is 54.7. The Morgan fingerprint density at radius 2 is 0.470 bits per heavy atom. The van der Waals surface area contributed by atoms with E-state index in [1.807, 2.05) is 0 Å². The summed E-state index contributed by atoms with van der Waals surface area (Å²) in [5.41, 5.74) is 0. The predicted molar refractivity (Wildman–Crippen MR) is 362 cm³/mol. The van der Waals surface area contributed by atoms with Gasteiger partial charge >= 0.3 is 17.9 Å². The second kappa shape index (κ2) is 70.6. The summed E-state index contributed by atoms with van der Waals surface area (Å²) in [5.74, 6) is -0.932. The van der Waals surface area contributed by atoms with E-state index in [0.29, 0.717) is 19.3 Å². The van der Waals surface area contributed by atoms with Crippen LogP contribution in [0.15, 0.2) is 109 Å². The molecule has 0 bridgehead atoms. The monoisotopic (exact) mass is 1150 g/mol. The summed E-state index contributed by atoms with van der Waals surface area (Å²) >= 11 is 0. The molecule has 1 unspecified atom stereocenters. The van der Waals surface area contributed by atoms with Gasteiger partial charge in [0.25, 0.3) is 0 Å². The van der Waals surface area contributed by atoms with E-state index >= 15 is 0 Å². The number of esters is 3. The van der Waals surface area contributed by atoms with Crippen LogP contribution in [0, 0.1) is 0 Å². The van der Waals surface area contributed by atoms with Gasteiger partial charge < -0.3 is 14.2 Å². The summed E-state index contributed by atoms with van der Waals surface area (Å²) in [6, 6.07) is 0. The zero-order chi connectivity index (χ0) is 59.9. The highest BCUT2D eigenvalue weighted by molar-refractivity contribution is 5.71. The third kappa shape index (κ3) is 68.7. The van der Waals surface area contributed by atoms with E-state index in [1.165, 1.54) is 199 Å². The van der Waals surface area contributed by atoms with E-state index in [2.05, 4.69) is 130 Å². The molecule has 6 nitrogen and oxygen atoms in total. The number of allylic oxidation sites excluding steroid dienone is 18. The number of carbonyl (C=O) groups excluding carboxylic acids is 3. The van der Waals surface area contributed by atoms with Crippen LogP contribution in [0.2, 0.25) is 0 Å². The topological polar surface area (TPSA) is 78.9 Å². The highest BCUT2D eigenvalue weighted by Gasteiger charge is 2.19. The van der Waals surface area contributed by atoms with Crippen molar-refractivity contribution in [1.82, 2.24) is 0 Å². The average Bonchev–Trinajstić information content (AvgIpc) is 3.50. The summed E-state index contributed by atoms with van der Waals surface area (Å²) in [6.07, 6.45) is 96.8. The lowest BCUT2D eigenvalue weighted by atomic mass is 10.0. The van der Waals surface area contributed by atoms with Crippen molar-refractivity contribution in [3.63, 3.8) is 0 Å². The van der Waals surface area contributed by atoms with E-state index in [-0.39, 0.29) is 37.5 Å². The van der Waals surface area contributed by atoms with Crippen LogP contribution >= 0.6 is 0 Å². The van der Waals surface area contributed by atoms with Gasteiger partial charge in [0.15, 0.2) is 6.10 Å². The highest BCUT2D eigenvalue weighted by Crippen LogP contribution is 2.17. The second-order valence-electron chi connectivity index (χ2n) is 23.4. The second-order valence-corrected chi connectivity index (χ2v) is 23.4. The third-order valence-electron chi connectivity index (χ3n) is 15.2. The smallest absolute Gasteiger partial charge is 0.306 e. The number of carbonyl (C=O) groups is 3. The summed E-state index contributed by atoms with van der Waals surface area (Å²) in [7, 11) is 0. The highest BCUT2D eigenvalue weighted by atomic mass is 16.6. The maximum absolute atomic E-state index is 12.9. The molecule has 0 heterocycles. The molecule has 0 aliphatic carbocycles. The van der Waals surface area contributed by atoms with Crippen molar-refractivity contribution >= 4 is 17.9 Å². The summed E-state index contributed by atoms with van der Waals surface area (Å²) < 4.78 is 17.0. The molecular formula is C77H132O6. The molecule has 0 aliphatic heterocycles. The molecule has 0 aromatic heterocycles. The molecule has 0 rings (SSSR count). The first kappa shape index (κ1) is 79.1. The molecule has 0 spiro atoms. The van der Waals surface area contributed by atoms with Gasteiger partial charge in [0, 0.05) is 19.3 Å². The standard InChI is InChI=1S/C77H132O6/c1-4-7-10-13-16-19-22-25-28-31-33-35-36-37-38-39-40-42-43-46-49-52-55-58-61-64-67-70-76(79)82-73-74(72-81-75(78)69-66-63-60-57-54-51-48-45-30-27-24-21-18-15-12-9-6-3)83-77(80)71-68-65-62-59-56-53-50-47-44-41-34-32-29-26-23-20-17-14-11-8-5-2/h8,11,17,20,22,25-27,29-31,33-34,41,47,50,56,59,74H,4-7,9-10,12-16,18-19,21,23-24,28,32,35-40,42-46,48-49,51-55,57-58,60-73H2,1-3H3/b11-8-,20-17-,25-22-,29-26-,30-27-,33-31-,41-34-,50-47-,59-56-. The Labute approximate surface area is 514 Å². The van der Waals surface area contributed by atoms with Crippen molar-refractivity contribution in [3.05, 3.63) is 109 Å². The molecule has 476 valence electrons. The Morgan fingerprint density at radius 1 is 0.253 bits per heavy atom. The number of hydrogen-bond donors (Lipinski definition) is 0. The molecule has 0 aromatic rings. The number of ether oxygens (including phenoxy) is 3. The van der Waals surface area contributed by atoms with E-state index < -0.39 is 6.10 Å². The van der Waals surface area contributed by atoms with Crippen molar-refractivity contribution in [2.75, 3.05) is 13.2 Å². The molecule has 1 atom stereocenters. The van der Waals surface area contributed by atoms with Crippen molar-refractivity contribution < 1.29 is 28.6 Å². The van der Waals surface area contributed by atoms with E-state index in [4.69, 9.17) is 14.2 Å². The number of unbranched alkanes of at least 4 members (excludes halogenated alkanes) is 35. The maximum atomic E-state index is 12.9. The quantitative estimate of drug-likeness (QED) is 0.0261. The van der Waals surface area contributed by atoms with Gasteiger partial charge in [0.05, 0.1) is 0 Å². The zero-order valence-corrected chi connectivity index (χ0v) is 54.7. The van der Waals surface area contributed by atoms with Gasteiger partial charge in [-0.3, -0.25) is 14.4 Å². The Hall–Kier alpha value is -3.93. The number of hydrogen-bond acceptors (Lipinski definition) is 6. The van der Waals surface area contributed by atoms with Gasteiger partial charge in [-0.2, -0.15) is 0 Å². The fraction of sp³-hybridized carbons (Fsp3) is 0.727. The average molecular weight is 1150 g/mol. The Bertz CT molecular complexity index is 1660. The fourth-order valence-corrected chi connectivity index (χ4v) is 9.94. The van der Waals surface area contributed by atoms with Crippen LogP contribution in [0.3, 0.4) is 0 Å². The maximum Gasteiger partial charge on any atom is 0.306 e. The molecule has 0 aromatic carbocycles. The first-order valence-electron chi connectivity index (χ1n) is 35.4. The lowest BCUT2D eigenvalue weighted by Crippen LogP contribution is -2.30. The van der Waals surface area contributed by atoms with Crippen molar-refractivity contribution in [3.8, 4) is 0 Å². The Kier molecular flexibility index (Phi) is 67.2. The Balaban J connectivity index is 4.39. The van der Waals surface area contributed by atoms with E-state index in [0.717, 1.165) is 96.3 Å². The van der Waals surface area contributed by atoms with E-state index in [9.17, 15) is 14.4 Å². The molecule has 0 amide bonds. The molecule has 0 radical (unpaired) electrons. The van der Waals surface area contributed by atoms with Crippen LogP contribution in [0.25, 0.3) is 0 Å². The van der Waals surface area contributed by atoms with Crippen LogP contribution < -0.4 is 0 Å². The van der Waals surface area contributed by atoms with Crippen LogP contribution in [0.5, 0.6) is 0 Å². The van der Waals surface area contributed by atoms with Crippen LogP contribution in [0.1, 0.15) is 342 Å². The lowest BCUT2D eigenvalue weighted by molar-refractivity contribution is -0.167. The molecular weight excluding hydrogens is 1020 g/mol. The molecule has 0 N–H and O–H groups in total. The van der Waals surface area contributed by atoms with Gasteiger partial charge in [-0.25, -0.2) is 0 Å². The molecule has 0 aliphatic rings.